The topological polar surface area (TPSA) is 47.3 Å². The number of hydrogen-bond acceptors (Lipinski definition) is 3. The Hall–Kier alpha value is -2.44. The summed E-state index contributed by atoms with van der Waals surface area (Å²) in [6.07, 6.45) is -7.28. The third-order valence-electron chi connectivity index (χ3n) is 4.60. The quantitative estimate of drug-likeness (QED) is 0.698. The molecular formula is C18H19F6N3O. The standard InChI is InChI=1S/C18H19F6N3O/c1-12(16(28)26-7-3-2-4-8-26)27(11-17(19,20)21)14-6-5-13(10-25)15(9-14)18(22,23)24/h5-6,9,12H,2-4,7-8,11H2,1H3. The molecule has 28 heavy (non-hydrogen) atoms. The van der Waals surface area contributed by atoms with Gasteiger partial charge >= 0.3 is 12.4 Å². The molecule has 1 heterocycles. The van der Waals surface area contributed by atoms with Crippen LogP contribution in [0.2, 0.25) is 0 Å². The summed E-state index contributed by atoms with van der Waals surface area (Å²) in [5.41, 5.74) is -2.45. The van der Waals surface area contributed by atoms with Crippen molar-refractivity contribution in [2.45, 2.75) is 44.6 Å². The Morgan fingerprint density at radius 2 is 1.79 bits per heavy atom. The van der Waals surface area contributed by atoms with Crippen LogP contribution in [0.25, 0.3) is 0 Å². The van der Waals surface area contributed by atoms with E-state index in [1.165, 1.54) is 17.9 Å². The van der Waals surface area contributed by atoms with Crippen molar-refractivity contribution in [3.8, 4) is 6.07 Å². The summed E-state index contributed by atoms with van der Waals surface area (Å²) in [5.74, 6) is -0.568. The maximum atomic E-state index is 13.2. The molecule has 1 aliphatic heterocycles. The van der Waals surface area contributed by atoms with Crippen LogP contribution in [0.3, 0.4) is 0 Å². The minimum atomic E-state index is -4.91. The maximum absolute atomic E-state index is 13.2. The van der Waals surface area contributed by atoms with Crippen LogP contribution in [0.4, 0.5) is 32.0 Å². The predicted molar refractivity (Wildman–Crippen MR) is 89.5 cm³/mol. The number of nitriles is 1. The van der Waals surface area contributed by atoms with Crippen molar-refractivity contribution in [2.24, 2.45) is 0 Å². The summed E-state index contributed by atoms with van der Waals surface area (Å²) in [4.78, 5) is 14.7. The Labute approximate surface area is 158 Å². The van der Waals surface area contributed by atoms with Crippen molar-refractivity contribution in [2.75, 3.05) is 24.5 Å². The number of carbonyl (C=O) groups excluding carboxylic acids is 1. The highest BCUT2D eigenvalue weighted by atomic mass is 19.4. The first-order valence-corrected chi connectivity index (χ1v) is 8.67. The van der Waals surface area contributed by atoms with E-state index in [4.69, 9.17) is 5.26 Å². The number of rotatable bonds is 4. The average molecular weight is 407 g/mol. The Bertz CT molecular complexity index is 747. The second-order valence-electron chi connectivity index (χ2n) is 6.64. The van der Waals surface area contributed by atoms with Gasteiger partial charge in [0.05, 0.1) is 17.2 Å². The summed E-state index contributed by atoms with van der Waals surface area (Å²) in [7, 11) is 0. The largest absolute Gasteiger partial charge is 0.417 e. The second-order valence-corrected chi connectivity index (χ2v) is 6.64. The first-order valence-electron chi connectivity index (χ1n) is 8.67. The highest BCUT2D eigenvalue weighted by molar-refractivity contribution is 5.85. The summed E-state index contributed by atoms with van der Waals surface area (Å²) in [6, 6.07) is 2.38. The molecule has 154 valence electrons. The van der Waals surface area contributed by atoms with Crippen LogP contribution in [-0.2, 0) is 11.0 Å². The molecule has 1 aromatic carbocycles. The van der Waals surface area contributed by atoms with Gasteiger partial charge in [0.2, 0.25) is 5.91 Å². The number of amides is 1. The summed E-state index contributed by atoms with van der Waals surface area (Å²) in [5, 5.41) is 8.86. The molecule has 2 rings (SSSR count). The van der Waals surface area contributed by atoms with E-state index in [-0.39, 0.29) is 0 Å². The molecule has 1 saturated heterocycles. The van der Waals surface area contributed by atoms with E-state index in [0.29, 0.717) is 24.1 Å². The highest BCUT2D eigenvalue weighted by Gasteiger charge is 2.39. The van der Waals surface area contributed by atoms with Crippen molar-refractivity contribution >= 4 is 11.6 Å². The lowest BCUT2D eigenvalue weighted by atomic mass is 10.0. The number of benzene rings is 1. The van der Waals surface area contributed by atoms with Gasteiger partial charge in [0.15, 0.2) is 0 Å². The first-order chi connectivity index (χ1) is 12.9. The van der Waals surface area contributed by atoms with E-state index < -0.39 is 47.7 Å². The molecule has 1 amide bonds. The third-order valence-corrected chi connectivity index (χ3v) is 4.60. The molecule has 0 bridgehead atoms. The van der Waals surface area contributed by atoms with Crippen LogP contribution >= 0.6 is 0 Å². The van der Waals surface area contributed by atoms with Gasteiger partial charge in [-0.25, -0.2) is 0 Å². The van der Waals surface area contributed by atoms with Crippen molar-refractivity contribution in [1.29, 1.82) is 5.26 Å². The summed E-state index contributed by atoms with van der Waals surface area (Å²) >= 11 is 0. The zero-order valence-corrected chi connectivity index (χ0v) is 15.1. The van der Waals surface area contributed by atoms with Gasteiger partial charge in [-0.2, -0.15) is 31.6 Å². The fourth-order valence-electron chi connectivity index (χ4n) is 3.20. The number of nitrogens with zero attached hydrogens (tertiary/aromatic N) is 3. The van der Waals surface area contributed by atoms with Gasteiger partial charge in [-0.1, -0.05) is 0 Å². The van der Waals surface area contributed by atoms with Crippen molar-refractivity contribution in [3.63, 3.8) is 0 Å². The predicted octanol–water partition coefficient (Wildman–Crippen LogP) is 4.35. The molecule has 1 atom stereocenters. The SMILES string of the molecule is CC(C(=O)N1CCCCC1)N(CC(F)(F)F)c1ccc(C#N)c(C(F)(F)F)c1. The molecule has 0 aliphatic carbocycles. The van der Waals surface area contributed by atoms with E-state index in [9.17, 15) is 31.1 Å². The van der Waals surface area contributed by atoms with E-state index in [1.807, 2.05) is 0 Å². The molecule has 0 radical (unpaired) electrons. The Morgan fingerprint density at radius 1 is 1.18 bits per heavy atom. The second kappa shape index (κ2) is 8.29. The van der Waals surface area contributed by atoms with Gasteiger partial charge in [-0.15, -0.1) is 0 Å². The molecule has 10 heteroatoms. The van der Waals surface area contributed by atoms with E-state index in [0.717, 1.165) is 31.4 Å². The Balaban J connectivity index is 2.43. The molecule has 0 spiro atoms. The van der Waals surface area contributed by atoms with E-state index in [2.05, 4.69) is 0 Å². The maximum Gasteiger partial charge on any atom is 0.417 e. The van der Waals surface area contributed by atoms with Crippen LogP contribution in [-0.4, -0.2) is 42.7 Å². The van der Waals surface area contributed by atoms with Gasteiger partial charge in [0.1, 0.15) is 12.6 Å². The van der Waals surface area contributed by atoms with Gasteiger partial charge < -0.3 is 9.80 Å². The summed E-state index contributed by atoms with van der Waals surface area (Å²) < 4.78 is 78.9. The lowest BCUT2D eigenvalue weighted by Crippen LogP contribution is -2.51. The first kappa shape index (κ1) is 21.9. The number of likely N-dealkylation sites (tertiary alicyclic amines) is 1. The van der Waals surface area contributed by atoms with Crippen LogP contribution < -0.4 is 4.90 Å². The lowest BCUT2D eigenvalue weighted by Gasteiger charge is -2.36. The molecule has 4 nitrogen and oxygen atoms in total. The van der Waals surface area contributed by atoms with Gasteiger partial charge in [0, 0.05) is 18.8 Å². The smallest absolute Gasteiger partial charge is 0.351 e. The molecule has 1 unspecified atom stereocenters. The monoisotopic (exact) mass is 407 g/mol. The number of alkyl halides is 6. The van der Waals surface area contributed by atoms with Crippen LogP contribution in [0.1, 0.15) is 37.3 Å². The number of halogens is 6. The third kappa shape index (κ3) is 5.30. The lowest BCUT2D eigenvalue weighted by molar-refractivity contribution is -0.137. The minimum absolute atomic E-state index is 0.407. The van der Waals surface area contributed by atoms with Crippen molar-refractivity contribution < 1.29 is 31.1 Å². The molecule has 1 fully saturated rings. The molecule has 1 aliphatic rings. The van der Waals surface area contributed by atoms with Gasteiger partial charge in [0.25, 0.3) is 0 Å². The molecule has 1 aromatic rings. The molecule has 0 N–H and O–H groups in total. The number of hydrogen-bond donors (Lipinski definition) is 0. The normalized spacial score (nSPS) is 16.4. The minimum Gasteiger partial charge on any atom is -0.351 e. The van der Waals surface area contributed by atoms with Crippen LogP contribution in [0.5, 0.6) is 0 Å². The van der Waals surface area contributed by atoms with Gasteiger partial charge in [-0.05, 0) is 44.4 Å². The van der Waals surface area contributed by atoms with E-state index in [1.54, 1.807) is 0 Å². The Kier molecular flexibility index (Phi) is 6.47. The van der Waals surface area contributed by atoms with Crippen molar-refractivity contribution in [1.82, 2.24) is 4.90 Å². The number of anilines is 1. The van der Waals surface area contributed by atoms with Crippen LogP contribution in [0.15, 0.2) is 18.2 Å². The highest BCUT2D eigenvalue weighted by Crippen LogP contribution is 2.35. The summed E-state index contributed by atoms with van der Waals surface area (Å²) in [6.45, 7) is 0.472. The molecular weight excluding hydrogens is 388 g/mol. The van der Waals surface area contributed by atoms with Crippen molar-refractivity contribution in [3.05, 3.63) is 29.3 Å². The number of carbonyl (C=O) groups is 1. The van der Waals surface area contributed by atoms with Gasteiger partial charge in [-0.3, -0.25) is 4.79 Å². The average Bonchev–Trinajstić information content (AvgIpc) is 2.63. The van der Waals surface area contributed by atoms with Crippen LogP contribution in [0, 0.1) is 11.3 Å². The van der Waals surface area contributed by atoms with E-state index >= 15 is 0 Å². The number of piperidine rings is 1. The zero-order chi connectivity index (χ0) is 21.1. The Morgan fingerprint density at radius 3 is 2.29 bits per heavy atom. The molecule has 0 aromatic heterocycles. The fraction of sp³-hybridized carbons (Fsp3) is 0.556. The fourth-order valence-corrected chi connectivity index (χ4v) is 3.20. The molecule has 0 saturated carbocycles. The zero-order valence-electron chi connectivity index (χ0n) is 15.1.